The summed E-state index contributed by atoms with van der Waals surface area (Å²) < 4.78 is 13.9. The predicted molar refractivity (Wildman–Crippen MR) is 78.5 cm³/mol. The molecule has 20 heavy (non-hydrogen) atoms. The van der Waals surface area contributed by atoms with E-state index in [1.807, 2.05) is 0 Å². The first kappa shape index (κ1) is 12.2. The molecule has 4 heteroatoms. The van der Waals surface area contributed by atoms with E-state index >= 15 is 0 Å². The maximum atomic E-state index is 5.98. The summed E-state index contributed by atoms with van der Waals surface area (Å²) in [5.41, 5.74) is 2.59. The molecule has 4 rings (SSSR count). The highest BCUT2D eigenvalue weighted by atomic mass is 16.5. The molecular formula is C16H20N2O2. The molecule has 3 heterocycles. The third kappa shape index (κ3) is 1.91. The van der Waals surface area contributed by atoms with Crippen LogP contribution >= 0.6 is 0 Å². The van der Waals surface area contributed by atoms with Gasteiger partial charge in [-0.3, -0.25) is 4.90 Å². The Morgan fingerprint density at radius 1 is 1.25 bits per heavy atom. The third-order valence-electron chi connectivity index (χ3n) is 4.38. The molecule has 1 atom stereocenters. The van der Waals surface area contributed by atoms with Gasteiger partial charge in [0.1, 0.15) is 12.4 Å². The summed E-state index contributed by atoms with van der Waals surface area (Å²) >= 11 is 0. The number of hydrogen-bond donors (Lipinski definition) is 0. The van der Waals surface area contributed by atoms with E-state index in [0.29, 0.717) is 6.04 Å². The first-order valence-electron chi connectivity index (χ1n) is 7.36. The lowest BCUT2D eigenvalue weighted by Gasteiger charge is -2.34. The van der Waals surface area contributed by atoms with Crippen molar-refractivity contribution >= 4 is 10.9 Å². The minimum Gasteiger partial charge on any atom is -0.489 e. The fourth-order valence-corrected chi connectivity index (χ4v) is 3.45. The summed E-state index contributed by atoms with van der Waals surface area (Å²) in [6.07, 6.45) is 0. The van der Waals surface area contributed by atoms with Crippen molar-refractivity contribution in [2.75, 3.05) is 39.5 Å². The molecule has 4 nitrogen and oxygen atoms in total. The van der Waals surface area contributed by atoms with Gasteiger partial charge in [0.05, 0.1) is 24.8 Å². The number of hydrogen-bond acceptors (Lipinski definition) is 3. The Hall–Kier alpha value is -1.52. The predicted octanol–water partition coefficient (Wildman–Crippen LogP) is 2.22. The number of aryl methyl sites for hydroxylation is 1. The zero-order chi connectivity index (χ0) is 13.5. The Kier molecular flexibility index (Phi) is 2.93. The highest BCUT2D eigenvalue weighted by Gasteiger charge is 2.26. The molecule has 1 fully saturated rings. The topological polar surface area (TPSA) is 26.6 Å². The maximum Gasteiger partial charge on any atom is 0.143 e. The fourth-order valence-electron chi connectivity index (χ4n) is 3.45. The van der Waals surface area contributed by atoms with Crippen molar-refractivity contribution in [1.29, 1.82) is 0 Å². The number of para-hydroxylation sites is 1. The lowest BCUT2D eigenvalue weighted by molar-refractivity contribution is 0.0272. The average molecular weight is 272 g/mol. The Morgan fingerprint density at radius 2 is 2.10 bits per heavy atom. The van der Waals surface area contributed by atoms with E-state index in [1.165, 1.54) is 16.6 Å². The highest BCUT2D eigenvalue weighted by molar-refractivity contribution is 5.87. The molecule has 2 aromatic rings. The van der Waals surface area contributed by atoms with Crippen LogP contribution in [0.4, 0.5) is 0 Å². The van der Waals surface area contributed by atoms with E-state index in [4.69, 9.17) is 9.47 Å². The van der Waals surface area contributed by atoms with Gasteiger partial charge in [-0.15, -0.1) is 0 Å². The van der Waals surface area contributed by atoms with Crippen LogP contribution in [0.3, 0.4) is 0 Å². The van der Waals surface area contributed by atoms with Gasteiger partial charge in [-0.05, 0) is 19.1 Å². The van der Waals surface area contributed by atoms with Crippen molar-refractivity contribution in [2.45, 2.75) is 13.0 Å². The molecule has 106 valence electrons. The van der Waals surface area contributed by atoms with Gasteiger partial charge >= 0.3 is 0 Å². The molecule has 1 saturated heterocycles. The third-order valence-corrected chi connectivity index (χ3v) is 4.38. The molecule has 0 bridgehead atoms. The molecular weight excluding hydrogens is 252 g/mol. The molecule has 1 unspecified atom stereocenters. The molecule has 0 radical (unpaired) electrons. The molecule has 0 saturated carbocycles. The number of morpholine rings is 1. The summed E-state index contributed by atoms with van der Waals surface area (Å²) in [4.78, 5) is 2.48. The summed E-state index contributed by atoms with van der Waals surface area (Å²) in [6, 6.07) is 8.98. The molecule has 2 aliphatic rings. The van der Waals surface area contributed by atoms with Crippen LogP contribution in [0.2, 0.25) is 0 Å². The zero-order valence-corrected chi connectivity index (χ0v) is 11.8. The second kappa shape index (κ2) is 4.79. The summed E-state index contributed by atoms with van der Waals surface area (Å²) in [5, 5.41) is 1.28. The van der Waals surface area contributed by atoms with Crippen molar-refractivity contribution in [1.82, 2.24) is 9.47 Å². The first-order valence-corrected chi connectivity index (χ1v) is 7.36. The summed E-state index contributed by atoms with van der Waals surface area (Å²) in [5.74, 6) is 1.02. The van der Waals surface area contributed by atoms with E-state index in [1.54, 1.807) is 0 Å². The Morgan fingerprint density at radius 3 is 2.95 bits per heavy atom. The van der Waals surface area contributed by atoms with Crippen LogP contribution in [0.5, 0.6) is 5.75 Å². The quantitative estimate of drug-likeness (QED) is 0.838. The summed E-state index contributed by atoms with van der Waals surface area (Å²) in [7, 11) is 0. The van der Waals surface area contributed by atoms with E-state index in [9.17, 15) is 0 Å². The molecule has 1 aromatic heterocycles. The lowest BCUT2D eigenvalue weighted by Crippen LogP contribution is -2.42. The van der Waals surface area contributed by atoms with Crippen molar-refractivity contribution in [3.8, 4) is 5.75 Å². The molecule has 0 aliphatic carbocycles. The molecule has 0 N–H and O–H groups in total. The first-order chi connectivity index (χ1) is 9.83. The van der Waals surface area contributed by atoms with Gasteiger partial charge in [0.2, 0.25) is 0 Å². The molecule has 2 aliphatic heterocycles. The van der Waals surface area contributed by atoms with Gasteiger partial charge in [-0.25, -0.2) is 0 Å². The van der Waals surface area contributed by atoms with Crippen molar-refractivity contribution in [2.24, 2.45) is 0 Å². The van der Waals surface area contributed by atoms with Gasteiger partial charge in [-0.1, -0.05) is 12.1 Å². The number of nitrogens with zero attached hydrogens (tertiary/aromatic N) is 2. The maximum absolute atomic E-state index is 5.98. The molecule has 0 spiro atoms. The van der Waals surface area contributed by atoms with Crippen LogP contribution in [-0.4, -0.2) is 48.9 Å². The van der Waals surface area contributed by atoms with E-state index in [2.05, 4.69) is 40.7 Å². The monoisotopic (exact) mass is 272 g/mol. The molecule has 1 aromatic carbocycles. The van der Waals surface area contributed by atoms with Gasteiger partial charge in [-0.2, -0.15) is 0 Å². The zero-order valence-electron chi connectivity index (χ0n) is 11.8. The average Bonchev–Trinajstić information content (AvgIpc) is 2.82. The van der Waals surface area contributed by atoms with Crippen LogP contribution in [0.15, 0.2) is 24.3 Å². The summed E-state index contributed by atoms with van der Waals surface area (Å²) in [6.45, 7) is 7.76. The van der Waals surface area contributed by atoms with E-state index in [-0.39, 0.29) is 0 Å². The SMILES string of the molecule is Cc1cc2cccc3c2n1C(CN1CCOCC1)CO3. The Bertz CT molecular complexity index is 629. The number of ether oxygens (including phenoxy) is 2. The van der Waals surface area contributed by atoms with Crippen molar-refractivity contribution in [3.63, 3.8) is 0 Å². The van der Waals surface area contributed by atoms with Crippen molar-refractivity contribution < 1.29 is 9.47 Å². The number of benzene rings is 1. The van der Waals surface area contributed by atoms with Gasteiger partial charge in [0.25, 0.3) is 0 Å². The van der Waals surface area contributed by atoms with E-state index < -0.39 is 0 Å². The van der Waals surface area contributed by atoms with Gasteiger partial charge in [0.15, 0.2) is 0 Å². The number of aromatic nitrogens is 1. The second-order valence-corrected chi connectivity index (χ2v) is 5.73. The second-order valence-electron chi connectivity index (χ2n) is 5.73. The lowest BCUT2D eigenvalue weighted by atomic mass is 10.2. The van der Waals surface area contributed by atoms with Crippen LogP contribution in [0, 0.1) is 6.92 Å². The van der Waals surface area contributed by atoms with Gasteiger partial charge < -0.3 is 14.0 Å². The minimum absolute atomic E-state index is 0.403. The highest BCUT2D eigenvalue weighted by Crippen LogP contribution is 2.35. The standard InChI is InChI=1S/C16H20N2O2/c1-12-9-13-3-2-4-15-16(13)18(12)14(11-20-15)10-17-5-7-19-8-6-17/h2-4,9,14H,5-8,10-11H2,1H3. The normalized spacial score (nSPS) is 22.9. The Balaban J connectivity index is 1.69. The number of rotatable bonds is 2. The van der Waals surface area contributed by atoms with Crippen LogP contribution in [-0.2, 0) is 4.74 Å². The fraction of sp³-hybridized carbons (Fsp3) is 0.500. The van der Waals surface area contributed by atoms with Gasteiger partial charge in [0, 0.05) is 30.7 Å². The minimum atomic E-state index is 0.403. The van der Waals surface area contributed by atoms with Crippen LogP contribution < -0.4 is 4.74 Å². The Labute approximate surface area is 118 Å². The van der Waals surface area contributed by atoms with Crippen molar-refractivity contribution in [3.05, 3.63) is 30.0 Å². The molecule has 0 amide bonds. The smallest absolute Gasteiger partial charge is 0.143 e. The largest absolute Gasteiger partial charge is 0.489 e. The van der Waals surface area contributed by atoms with E-state index in [0.717, 1.165) is 45.2 Å². The van der Waals surface area contributed by atoms with Crippen LogP contribution in [0.1, 0.15) is 11.7 Å². The van der Waals surface area contributed by atoms with Crippen LogP contribution in [0.25, 0.3) is 10.9 Å².